The summed E-state index contributed by atoms with van der Waals surface area (Å²) in [7, 11) is 0. The molecule has 4 rings (SSSR count). The summed E-state index contributed by atoms with van der Waals surface area (Å²) in [6.07, 6.45) is 6.23. The molecule has 2 aromatic rings. The Balaban J connectivity index is 1.43. The third-order valence-electron chi connectivity index (χ3n) is 5.90. The summed E-state index contributed by atoms with van der Waals surface area (Å²) < 4.78 is 10.7. The number of rotatable bonds is 5. The van der Waals surface area contributed by atoms with Gasteiger partial charge in [-0.1, -0.05) is 30.3 Å². The van der Waals surface area contributed by atoms with Crippen molar-refractivity contribution in [2.24, 2.45) is 5.41 Å². The Morgan fingerprint density at radius 1 is 1.18 bits per heavy atom. The Labute approximate surface area is 166 Å². The molecule has 1 aromatic carbocycles. The first-order chi connectivity index (χ1) is 13.7. The van der Waals surface area contributed by atoms with Gasteiger partial charge in [0.05, 0.1) is 6.61 Å². The molecule has 1 spiro atoms. The van der Waals surface area contributed by atoms with Crippen LogP contribution in [0.3, 0.4) is 0 Å². The van der Waals surface area contributed by atoms with Gasteiger partial charge >= 0.3 is 5.97 Å². The predicted molar refractivity (Wildman–Crippen MR) is 107 cm³/mol. The van der Waals surface area contributed by atoms with E-state index < -0.39 is 5.97 Å². The Morgan fingerprint density at radius 2 is 1.96 bits per heavy atom. The zero-order chi connectivity index (χ0) is 19.4. The second kappa shape index (κ2) is 8.35. The number of piperidine rings is 2. The molecule has 0 N–H and O–H groups in total. The second-order valence-electron chi connectivity index (χ2n) is 8.06. The predicted octanol–water partition coefficient (Wildman–Crippen LogP) is 3.73. The standard InChI is InChI=1S/C22H29N3O3/c1-2-27-20(26)19-15-28-21(23-19)25-13-7-11-22(17-25)10-6-12-24(16-22)14-18-8-4-3-5-9-18/h3-5,8-9,15H,2,6-7,10-14,16-17H2,1H3/t22-/m0/s1. The lowest BCUT2D eigenvalue weighted by atomic mass is 9.73. The number of likely N-dealkylation sites (tertiary alicyclic amines) is 1. The third kappa shape index (κ3) is 4.22. The number of carbonyl (C=O) groups is 1. The van der Waals surface area contributed by atoms with E-state index in [1.54, 1.807) is 6.92 Å². The van der Waals surface area contributed by atoms with Crippen LogP contribution in [-0.4, -0.2) is 48.6 Å². The van der Waals surface area contributed by atoms with Crippen molar-refractivity contribution in [1.29, 1.82) is 0 Å². The van der Waals surface area contributed by atoms with Crippen LogP contribution in [0, 0.1) is 5.41 Å². The van der Waals surface area contributed by atoms with Crippen LogP contribution in [0.4, 0.5) is 6.01 Å². The highest BCUT2D eigenvalue weighted by molar-refractivity contribution is 5.87. The summed E-state index contributed by atoms with van der Waals surface area (Å²) >= 11 is 0. The molecule has 0 aliphatic carbocycles. The highest BCUT2D eigenvalue weighted by Gasteiger charge is 2.40. The first-order valence-electron chi connectivity index (χ1n) is 10.3. The van der Waals surface area contributed by atoms with Crippen LogP contribution in [0.1, 0.15) is 48.7 Å². The number of esters is 1. The fraction of sp³-hybridized carbons (Fsp3) is 0.545. The zero-order valence-corrected chi connectivity index (χ0v) is 16.6. The molecular formula is C22H29N3O3. The second-order valence-corrected chi connectivity index (χ2v) is 8.06. The van der Waals surface area contributed by atoms with Gasteiger partial charge in [0.1, 0.15) is 6.26 Å². The smallest absolute Gasteiger partial charge is 0.360 e. The van der Waals surface area contributed by atoms with Gasteiger partial charge in [-0.25, -0.2) is 4.79 Å². The molecule has 2 fully saturated rings. The van der Waals surface area contributed by atoms with Gasteiger partial charge in [-0.3, -0.25) is 4.90 Å². The quantitative estimate of drug-likeness (QED) is 0.733. The van der Waals surface area contributed by atoms with Crippen LogP contribution in [0.25, 0.3) is 0 Å². The number of hydrogen-bond donors (Lipinski definition) is 0. The zero-order valence-electron chi connectivity index (χ0n) is 16.6. The van der Waals surface area contributed by atoms with Gasteiger partial charge in [0.25, 0.3) is 6.01 Å². The van der Waals surface area contributed by atoms with Crippen LogP contribution < -0.4 is 4.90 Å². The summed E-state index contributed by atoms with van der Waals surface area (Å²) in [5, 5.41) is 0. The maximum atomic E-state index is 11.9. The number of benzene rings is 1. The van der Waals surface area contributed by atoms with Crippen LogP contribution in [0.5, 0.6) is 0 Å². The summed E-state index contributed by atoms with van der Waals surface area (Å²) in [4.78, 5) is 21.1. The molecule has 0 amide bonds. The maximum Gasteiger partial charge on any atom is 0.360 e. The number of hydrogen-bond acceptors (Lipinski definition) is 6. The van der Waals surface area contributed by atoms with Crippen molar-refractivity contribution >= 4 is 12.0 Å². The number of oxazole rings is 1. The number of anilines is 1. The topological polar surface area (TPSA) is 58.8 Å². The largest absolute Gasteiger partial charge is 0.461 e. The minimum atomic E-state index is -0.420. The highest BCUT2D eigenvalue weighted by atomic mass is 16.5. The van der Waals surface area contributed by atoms with Crippen molar-refractivity contribution in [3.05, 3.63) is 47.9 Å². The third-order valence-corrected chi connectivity index (χ3v) is 5.90. The van der Waals surface area contributed by atoms with Gasteiger partial charge in [0.15, 0.2) is 5.69 Å². The van der Waals surface area contributed by atoms with Crippen molar-refractivity contribution in [3.63, 3.8) is 0 Å². The lowest BCUT2D eigenvalue weighted by Gasteiger charge is -2.48. The summed E-state index contributed by atoms with van der Waals surface area (Å²) in [6.45, 7) is 7.24. The SMILES string of the molecule is CCOC(=O)c1coc(N2CCC[C@]3(CCCN(Cc4ccccc4)C3)C2)n1. The van der Waals surface area contributed by atoms with Crippen LogP contribution in [0.2, 0.25) is 0 Å². The lowest BCUT2D eigenvalue weighted by molar-refractivity contribution is 0.0519. The molecule has 0 radical (unpaired) electrons. The molecule has 6 nitrogen and oxygen atoms in total. The van der Waals surface area contributed by atoms with Crippen LogP contribution in [0.15, 0.2) is 41.0 Å². The number of nitrogens with zero attached hydrogens (tertiary/aromatic N) is 3. The molecule has 2 aliphatic rings. The van der Waals surface area contributed by atoms with Gasteiger partial charge in [0.2, 0.25) is 0 Å². The first-order valence-corrected chi connectivity index (χ1v) is 10.3. The van der Waals surface area contributed by atoms with E-state index in [1.807, 2.05) is 0 Å². The highest BCUT2D eigenvalue weighted by Crippen LogP contribution is 2.40. The van der Waals surface area contributed by atoms with E-state index in [0.717, 1.165) is 39.1 Å². The molecule has 0 saturated carbocycles. The molecular weight excluding hydrogens is 354 g/mol. The minimum absolute atomic E-state index is 0.255. The van der Waals surface area contributed by atoms with E-state index in [0.29, 0.717) is 12.6 Å². The Hall–Kier alpha value is -2.34. The molecule has 1 atom stereocenters. The van der Waals surface area contributed by atoms with Gasteiger partial charge in [-0.05, 0) is 44.7 Å². The Kier molecular flexibility index (Phi) is 5.67. The number of carbonyl (C=O) groups excluding carboxylic acids is 1. The molecule has 150 valence electrons. The normalized spacial score (nSPS) is 23.1. The number of aromatic nitrogens is 1. The summed E-state index contributed by atoms with van der Waals surface area (Å²) in [5.74, 6) is -0.420. The monoisotopic (exact) mass is 383 g/mol. The fourth-order valence-electron chi connectivity index (χ4n) is 4.70. The molecule has 1 aromatic heterocycles. The van der Waals surface area contributed by atoms with E-state index >= 15 is 0 Å². The van der Waals surface area contributed by atoms with Crippen molar-refractivity contribution in [3.8, 4) is 0 Å². The molecule has 2 aliphatic heterocycles. The Morgan fingerprint density at radius 3 is 2.75 bits per heavy atom. The van der Waals surface area contributed by atoms with Crippen molar-refractivity contribution < 1.29 is 13.9 Å². The Bertz CT molecular complexity index is 787. The molecule has 2 saturated heterocycles. The van der Waals surface area contributed by atoms with Crippen molar-refractivity contribution in [2.45, 2.75) is 39.2 Å². The van der Waals surface area contributed by atoms with E-state index in [9.17, 15) is 4.79 Å². The molecule has 0 unspecified atom stereocenters. The van der Waals surface area contributed by atoms with Crippen LogP contribution in [-0.2, 0) is 11.3 Å². The minimum Gasteiger partial charge on any atom is -0.461 e. The fourth-order valence-corrected chi connectivity index (χ4v) is 4.70. The van der Waals surface area contributed by atoms with Gasteiger partial charge in [-0.15, -0.1) is 0 Å². The molecule has 28 heavy (non-hydrogen) atoms. The average molecular weight is 383 g/mol. The van der Waals surface area contributed by atoms with E-state index in [-0.39, 0.29) is 11.1 Å². The summed E-state index contributed by atoms with van der Waals surface area (Å²) in [6, 6.07) is 11.3. The lowest BCUT2D eigenvalue weighted by Crippen LogP contribution is -2.52. The van der Waals surface area contributed by atoms with Gasteiger partial charge < -0.3 is 14.1 Å². The van der Waals surface area contributed by atoms with Gasteiger partial charge in [0, 0.05) is 31.6 Å². The van der Waals surface area contributed by atoms with Gasteiger partial charge in [-0.2, -0.15) is 4.98 Å². The maximum absolute atomic E-state index is 11.9. The van der Waals surface area contributed by atoms with E-state index in [2.05, 4.69) is 45.1 Å². The molecule has 0 bridgehead atoms. The van der Waals surface area contributed by atoms with Crippen molar-refractivity contribution in [1.82, 2.24) is 9.88 Å². The number of ether oxygens (including phenoxy) is 1. The first kappa shape index (κ1) is 19.0. The summed E-state index contributed by atoms with van der Waals surface area (Å²) in [5.41, 5.74) is 1.90. The van der Waals surface area contributed by atoms with E-state index in [4.69, 9.17) is 9.15 Å². The average Bonchev–Trinajstić information content (AvgIpc) is 3.20. The van der Waals surface area contributed by atoms with E-state index in [1.165, 1.54) is 31.1 Å². The van der Waals surface area contributed by atoms with Crippen LogP contribution >= 0.6 is 0 Å². The molecule has 3 heterocycles. The van der Waals surface area contributed by atoms with Crippen molar-refractivity contribution in [2.75, 3.05) is 37.7 Å². The molecule has 6 heteroatoms.